The number of ether oxygens (including phenoxy) is 1. The summed E-state index contributed by atoms with van der Waals surface area (Å²) in [5.41, 5.74) is 3.41. The smallest absolute Gasteiger partial charge is 0.283 e. The van der Waals surface area contributed by atoms with Crippen LogP contribution in [0.15, 0.2) is 70.4 Å². The van der Waals surface area contributed by atoms with Gasteiger partial charge in [-0.3, -0.25) is 10.2 Å². The van der Waals surface area contributed by atoms with Crippen LogP contribution in [0.25, 0.3) is 17.0 Å². The van der Waals surface area contributed by atoms with Gasteiger partial charge in [0.1, 0.15) is 17.4 Å². The van der Waals surface area contributed by atoms with Crippen molar-refractivity contribution in [1.29, 1.82) is 5.41 Å². The molecule has 5 rings (SSSR count). The van der Waals surface area contributed by atoms with Crippen LogP contribution in [0.1, 0.15) is 82.8 Å². The van der Waals surface area contributed by atoms with Crippen molar-refractivity contribution in [3.63, 3.8) is 0 Å². The quantitative estimate of drug-likeness (QED) is 0.166. The second kappa shape index (κ2) is 13.3. The van der Waals surface area contributed by atoms with Gasteiger partial charge in [-0.1, -0.05) is 82.9 Å². The number of nitrogens with zero attached hydrogens (tertiary/aromatic N) is 4. The highest BCUT2D eigenvalue weighted by molar-refractivity contribution is 8.26. The lowest BCUT2D eigenvalue weighted by Gasteiger charge is -2.20. The zero-order valence-electron chi connectivity index (χ0n) is 24.2. The largest absolute Gasteiger partial charge is 0.491 e. The molecule has 41 heavy (non-hydrogen) atoms. The van der Waals surface area contributed by atoms with Gasteiger partial charge in [-0.2, -0.15) is 15.1 Å². The fraction of sp³-hybridized carbons (Fsp3) is 0.394. The molecule has 7 nitrogen and oxygen atoms in total. The van der Waals surface area contributed by atoms with Crippen molar-refractivity contribution in [2.24, 2.45) is 10.1 Å². The Morgan fingerprint density at radius 2 is 1.83 bits per heavy atom. The predicted octanol–water partition coefficient (Wildman–Crippen LogP) is 8.21. The third kappa shape index (κ3) is 6.48. The number of thioether (sulfide) groups is 1. The van der Waals surface area contributed by atoms with Gasteiger partial charge < -0.3 is 9.30 Å². The number of fused-ring (bicyclic) bond motifs is 2. The first-order valence-corrected chi connectivity index (χ1v) is 15.6. The molecule has 0 spiro atoms. The number of rotatable bonds is 13. The van der Waals surface area contributed by atoms with Gasteiger partial charge in [-0.25, -0.2) is 0 Å². The lowest BCUT2D eigenvalue weighted by molar-refractivity contribution is -0.114. The van der Waals surface area contributed by atoms with E-state index in [1.165, 1.54) is 48.0 Å². The third-order valence-electron chi connectivity index (χ3n) is 7.76. The maximum Gasteiger partial charge on any atom is 0.283 e. The maximum atomic E-state index is 13.1. The van der Waals surface area contributed by atoms with Crippen molar-refractivity contribution in [2.45, 2.75) is 78.2 Å². The second-order valence-electron chi connectivity index (χ2n) is 10.7. The first kappa shape index (κ1) is 28.9. The fourth-order valence-corrected chi connectivity index (χ4v) is 6.16. The zero-order valence-corrected chi connectivity index (χ0v) is 25.0. The van der Waals surface area contributed by atoms with E-state index < -0.39 is 5.91 Å². The average molecular weight is 570 g/mol. The molecule has 1 N–H and O–H groups in total. The number of benzene rings is 2. The maximum absolute atomic E-state index is 13.1. The molecule has 2 aromatic carbocycles. The Morgan fingerprint density at radius 1 is 1.05 bits per heavy atom. The number of carbonyl (C=O) groups excluding carboxylic acids is 1. The van der Waals surface area contributed by atoms with Crippen LogP contribution in [0.3, 0.4) is 0 Å². The van der Waals surface area contributed by atoms with Crippen molar-refractivity contribution in [1.82, 2.24) is 9.58 Å². The number of nitrogens with one attached hydrogen (secondary N) is 1. The van der Waals surface area contributed by atoms with Crippen molar-refractivity contribution in [3.8, 4) is 5.75 Å². The van der Waals surface area contributed by atoms with E-state index in [0.717, 1.165) is 46.5 Å². The molecule has 0 fully saturated rings. The predicted molar refractivity (Wildman–Crippen MR) is 171 cm³/mol. The summed E-state index contributed by atoms with van der Waals surface area (Å²) >= 11 is 1.41. The minimum Gasteiger partial charge on any atom is -0.491 e. The Hall–Kier alpha value is -3.65. The Bertz CT molecular complexity index is 1520. The number of amidine groups is 2. The number of hydrogen-bond donors (Lipinski definition) is 1. The van der Waals surface area contributed by atoms with Gasteiger partial charge >= 0.3 is 0 Å². The van der Waals surface area contributed by atoms with Gasteiger partial charge in [0.25, 0.3) is 5.91 Å². The lowest BCUT2D eigenvalue weighted by Crippen LogP contribution is -2.35. The molecule has 2 aliphatic rings. The third-order valence-corrected chi connectivity index (χ3v) is 8.73. The van der Waals surface area contributed by atoms with Gasteiger partial charge in [0, 0.05) is 22.7 Å². The number of aliphatic imine (C=N–C) groups is 1. The van der Waals surface area contributed by atoms with E-state index in [4.69, 9.17) is 10.1 Å². The number of amides is 1. The van der Waals surface area contributed by atoms with Crippen molar-refractivity contribution in [3.05, 3.63) is 71.4 Å². The molecule has 1 aromatic heterocycles. The molecule has 0 aliphatic carbocycles. The first-order chi connectivity index (χ1) is 20.0. The zero-order chi connectivity index (χ0) is 28.8. The monoisotopic (exact) mass is 569 g/mol. The van der Waals surface area contributed by atoms with Crippen LogP contribution in [-0.4, -0.2) is 38.1 Å². The molecule has 0 saturated carbocycles. The van der Waals surface area contributed by atoms with E-state index >= 15 is 0 Å². The number of unbranched alkanes of at least 4 members (excludes halogenated alkanes) is 4. The molecule has 3 heterocycles. The van der Waals surface area contributed by atoms with E-state index in [0.29, 0.717) is 24.2 Å². The molecule has 3 aromatic rings. The van der Waals surface area contributed by atoms with Crippen LogP contribution in [0.5, 0.6) is 5.75 Å². The van der Waals surface area contributed by atoms with E-state index in [9.17, 15) is 4.79 Å². The summed E-state index contributed by atoms with van der Waals surface area (Å²) in [5, 5.41) is 17.4. The summed E-state index contributed by atoms with van der Waals surface area (Å²) < 4.78 is 8.40. The minimum absolute atomic E-state index is 0.0790. The Kier molecular flexibility index (Phi) is 9.39. The van der Waals surface area contributed by atoms with Crippen LogP contribution in [0.2, 0.25) is 0 Å². The Labute approximate surface area is 246 Å². The summed E-state index contributed by atoms with van der Waals surface area (Å²) in [7, 11) is 0. The van der Waals surface area contributed by atoms with Crippen molar-refractivity contribution >= 4 is 50.7 Å². The highest BCUT2D eigenvalue weighted by Crippen LogP contribution is 2.32. The molecule has 1 amide bonds. The van der Waals surface area contributed by atoms with Gasteiger partial charge in [-0.05, 0) is 60.7 Å². The molecule has 214 valence electrons. The van der Waals surface area contributed by atoms with Crippen LogP contribution in [-0.2, 0) is 11.3 Å². The summed E-state index contributed by atoms with van der Waals surface area (Å²) in [6.45, 7) is 7.80. The number of hydrazone groups is 1. The summed E-state index contributed by atoms with van der Waals surface area (Å²) in [5.74, 6) is 1.05. The molecule has 0 saturated heterocycles. The summed E-state index contributed by atoms with van der Waals surface area (Å²) in [6.07, 6.45) is 11.6. The molecular weight excluding hydrogens is 530 g/mol. The Balaban J connectivity index is 1.32. The van der Waals surface area contributed by atoms with Crippen molar-refractivity contribution in [2.75, 3.05) is 6.61 Å². The van der Waals surface area contributed by atoms with Gasteiger partial charge in [-0.15, -0.1) is 0 Å². The SMILES string of the molecule is CCCCCCCC1=NN2C(=N)/C(=C/c3cn(CCOc4ccccc4[C@H](C)CC)c4ccccc34)C(=O)N=C2S1. The summed E-state index contributed by atoms with van der Waals surface area (Å²) in [4.78, 5) is 17.4. The normalized spacial score (nSPS) is 16.8. The number of carbonyl (C=O) groups is 1. The molecular formula is C33H39N5O2S. The standard InChI is InChI=1S/C33H39N5O2S/c1-4-6-7-8-9-18-30-36-38-31(34)27(32(39)35-33(38)41-30)21-24-22-37(28-16-12-10-15-26(24)28)19-20-40-29-17-13-11-14-25(29)23(3)5-2/h10-17,21-23,34H,4-9,18-20H2,1-3H3/b27-21-,34-31?/t23-/m1/s1. The molecule has 0 bridgehead atoms. The summed E-state index contributed by atoms with van der Waals surface area (Å²) in [6, 6.07) is 16.4. The molecule has 0 radical (unpaired) electrons. The van der Waals surface area contributed by atoms with Crippen LogP contribution >= 0.6 is 11.8 Å². The van der Waals surface area contributed by atoms with Crippen molar-refractivity contribution < 1.29 is 9.53 Å². The van der Waals surface area contributed by atoms with E-state index in [-0.39, 0.29) is 11.4 Å². The van der Waals surface area contributed by atoms with Crippen LogP contribution < -0.4 is 4.74 Å². The number of hydrogen-bond acceptors (Lipinski definition) is 5. The number of aromatic nitrogens is 1. The average Bonchev–Trinajstić information content (AvgIpc) is 3.56. The van der Waals surface area contributed by atoms with Gasteiger partial charge in [0.05, 0.1) is 12.1 Å². The van der Waals surface area contributed by atoms with Gasteiger partial charge in [0.15, 0.2) is 5.84 Å². The molecule has 1 atom stereocenters. The fourth-order valence-electron chi connectivity index (χ4n) is 5.24. The molecule has 8 heteroatoms. The van der Waals surface area contributed by atoms with Crippen LogP contribution in [0.4, 0.5) is 0 Å². The topological polar surface area (TPSA) is 83.0 Å². The van der Waals surface area contributed by atoms with E-state index in [2.05, 4.69) is 53.6 Å². The van der Waals surface area contributed by atoms with E-state index in [1.54, 1.807) is 6.08 Å². The second-order valence-corrected chi connectivity index (χ2v) is 11.7. The first-order valence-electron chi connectivity index (χ1n) is 14.8. The lowest BCUT2D eigenvalue weighted by atomic mass is 9.98. The van der Waals surface area contributed by atoms with E-state index in [1.807, 2.05) is 36.5 Å². The van der Waals surface area contributed by atoms with Crippen LogP contribution in [0, 0.1) is 5.41 Å². The molecule has 2 aliphatic heterocycles. The Morgan fingerprint density at radius 3 is 2.66 bits per heavy atom. The van der Waals surface area contributed by atoms with Gasteiger partial charge in [0.2, 0.25) is 5.17 Å². The minimum atomic E-state index is -0.394. The highest BCUT2D eigenvalue weighted by Gasteiger charge is 2.35. The molecule has 0 unspecified atom stereocenters. The highest BCUT2D eigenvalue weighted by atomic mass is 32.2. The number of para-hydroxylation sites is 2.